The van der Waals surface area contributed by atoms with Crippen molar-refractivity contribution < 1.29 is 9.84 Å². The van der Waals surface area contributed by atoms with Crippen LogP contribution in [0.25, 0.3) is 0 Å². The highest BCUT2D eigenvalue weighted by atomic mass is 16.5. The first-order chi connectivity index (χ1) is 13.7. The average Bonchev–Trinajstić information content (AvgIpc) is 2.74. The van der Waals surface area contributed by atoms with Crippen molar-refractivity contribution in [1.29, 1.82) is 0 Å². The Morgan fingerprint density at radius 3 is 2.25 bits per heavy atom. The highest BCUT2D eigenvalue weighted by molar-refractivity contribution is 5.35. The van der Waals surface area contributed by atoms with Gasteiger partial charge in [-0.25, -0.2) is 0 Å². The number of ether oxygens (including phenoxy) is 1. The summed E-state index contributed by atoms with van der Waals surface area (Å²) in [5, 5.41) is 12.1. The summed E-state index contributed by atoms with van der Waals surface area (Å²) in [5.74, 6) is 0.905. The molecule has 0 bridgehead atoms. The summed E-state index contributed by atoms with van der Waals surface area (Å²) in [5.41, 5.74) is 1.32. The van der Waals surface area contributed by atoms with E-state index in [0.717, 1.165) is 43.8 Å². The van der Waals surface area contributed by atoms with Crippen molar-refractivity contribution in [3.63, 3.8) is 0 Å². The van der Waals surface area contributed by atoms with Crippen LogP contribution in [0.3, 0.4) is 0 Å². The summed E-state index contributed by atoms with van der Waals surface area (Å²) in [6.45, 7) is 7.96. The van der Waals surface area contributed by atoms with Gasteiger partial charge in [-0.1, -0.05) is 62.2 Å². The van der Waals surface area contributed by atoms with Gasteiger partial charge in [0.25, 0.3) is 0 Å². The van der Waals surface area contributed by atoms with Crippen LogP contribution in [0.4, 0.5) is 0 Å². The third kappa shape index (κ3) is 4.95. The zero-order valence-electron chi connectivity index (χ0n) is 17.4. The smallest absolute Gasteiger partial charge is 0.119 e. The standard InChI is InChI=1S/C25H35NO2/c1-3-17-25(27,22-13-15-23(16-14-22)28-4-2)24(21-11-7-5-8-12-21)20-26-18-9-6-10-19-26/h5,7-8,11-16,24,27H,3-4,6,9-10,17-20H2,1-2H3/t24-,25+/m1/s1. The molecule has 1 fully saturated rings. The van der Waals surface area contributed by atoms with E-state index in [1.807, 2.05) is 31.2 Å². The van der Waals surface area contributed by atoms with Gasteiger partial charge in [-0.3, -0.25) is 0 Å². The number of benzene rings is 2. The number of hydrogen-bond donors (Lipinski definition) is 1. The summed E-state index contributed by atoms with van der Waals surface area (Å²) in [6, 6.07) is 18.6. The van der Waals surface area contributed by atoms with Gasteiger partial charge in [0, 0.05) is 12.5 Å². The number of likely N-dealkylation sites (tertiary alicyclic amines) is 1. The van der Waals surface area contributed by atoms with Gasteiger partial charge in [0.15, 0.2) is 0 Å². The molecule has 1 aliphatic rings. The Morgan fingerprint density at radius 1 is 0.964 bits per heavy atom. The summed E-state index contributed by atoms with van der Waals surface area (Å²) in [7, 11) is 0. The highest BCUT2D eigenvalue weighted by Gasteiger charge is 2.39. The van der Waals surface area contributed by atoms with E-state index >= 15 is 0 Å². The Hall–Kier alpha value is -1.84. The fourth-order valence-electron chi connectivity index (χ4n) is 4.53. The second kappa shape index (κ2) is 10.1. The SMILES string of the molecule is CCC[C@](O)(c1ccc(OCC)cc1)[C@H](CN1CCCCC1)c1ccccc1. The Bertz CT molecular complexity index is 694. The first-order valence-corrected chi connectivity index (χ1v) is 10.9. The van der Waals surface area contributed by atoms with Crippen molar-refractivity contribution in [2.24, 2.45) is 0 Å². The number of nitrogens with zero attached hydrogens (tertiary/aromatic N) is 1. The van der Waals surface area contributed by atoms with Crippen molar-refractivity contribution >= 4 is 0 Å². The van der Waals surface area contributed by atoms with Crippen LogP contribution in [0.2, 0.25) is 0 Å². The lowest BCUT2D eigenvalue weighted by Crippen LogP contribution is -2.42. The fraction of sp³-hybridized carbons (Fsp3) is 0.520. The van der Waals surface area contributed by atoms with Crippen LogP contribution in [-0.2, 0) is 5.60 Å². The van der Waals surface area contributed by atoms with Crippen molar-refractivity contribution in [2.75, 3.05) is 26.2 Å². The molecule has 0 aromatic heterocycles. The minimum atomic E-state index is -0.891. The maximum Gasteiger partial charge on any atom is 0.119 e. The molecular weight excluding hydrogens is 346 g/mol. The van der Waals surface area contributed by atoms with E-state index in [1.54, 1.807) is 0 Å². The zero-order chi connectivity index (χ0) is 19.8. The molecule has 0 aliphatic carbocycles. The normalized spacial score (nSPS) is 18.4. The van der Waals surface area contributed by atoms with Crippen molar-refractivity contribution in [3.05, 3.63) is 65.7 Å². The molecular formula is C25H35NO2. The molecule has 28 heavy (non-hydrogen) atoms. The first-order valence-electron chi connectivity index (χ1n) is 10.9. The van der Waals surface area contributed by atoms with Gasteiger partial charge < -0.3 is 14.7 Å². The summed E-state index contributed by atoms with van der Waals surface area (Å²) < 4.78 is 5.61. The van der Waals surface area contributed by atoms with E-state index in [2.05, 4.69) is 42.2 Å². The van der Waals surface area contributed by atoms with E-state index < -0.39 is 5.60 Å². The van der Waals surface area contributed by atoms with Crippen LogP contribution in [0.15, 0.2) is 54.6 Å². The second-order valence-electron chi connectivity index (χ2n) is 7.96. The maximum absolute atomic E-state index is 12.1. The summed E-state index contributed by atoms with van der Waals surface area (Å²) in [4.78, 5) is 2.54. The van der Waals surface area contributed by atoms with E-state index in [1.165, 1.54) is 24.8 Å². The molecule has 0 saturated carbocycles. The molecule has 152 valence electrons. The Kier molecular flexibility index (Phi) is 7.52. The van der Waals surface area contributed by atoms with Crippen LogP contribution in [0, 0.1) is 0 Å². The Labute approximate surface area is 170 Å². The van der Waals surface area contributed by atoms with Crippen LogP contribution in [-0.4, -0.2) is 36.2 Å². The van der Waals surface area contributed by atoms with Crippen molar-refractivity contribution in [1.82, 2.24) is 4.90 Å². The van der Waals surface area contributed by atoms with Gasteiger partial charge in [-0.05, 0) is 62.5 Å². The lowest BCUT2D eigenvalue weighted by molar-refractivity contribution is -0.0152. The highest BCUT2D eigenvalue weighted by Crippen LogP contribution is 2.42. The maximum atomic E-state index is 12.1. The predicted molar refractivity (Wildman–Crippen MR) is 116 cm³/mol. The number of rotatable bonds is 9. The van der Waals surface area contributed by atoms with Gasteiger partial charge in [0.1, 0.15) is 5.75 Å². The molecule has 3 heteroatoms. The minimum absolute atomic E-state index is 0.0460. The van der Waals surface area contributed by atoms with Crippen LogP contribution in [0.5, 0.6) is 5.75 Å². The van der Waals surface area contributed by atoms with E-state index in [0.29, 0.717) is 6.61 Å². The molecule has 2 aromatic rings. The summed E-state index contributed by atoms with van der Waals surface area (Å²) in [6.07, 6.45) is 5.53. The molecule has 3 nitrogen and oxygen atoms in total. The molecule has 1 heterocycles. The number of piperidine rings is 1. The predicted octanol–water partition coefficient (Wildman–Crippen LogP) is 5.34. The Balaban J connectivity index is 1.96. The third-order valence-corrected chi connectivity index (χ3v) is 5.96. The molecule has 3 rings (SSSR count). The molecule has 1 saturated heterocycles. The third-order valence-electron chi connectivity index (χ3n) is 5.96. The van der Waals surface area contributed by atoms with Gasteiger partial charge in [0.2, 0.25) is 0 Å². The lowest BCUT2D eigenvalue weighted by atomic mass is 9.74. The molecule has 0 amide bonds. The van der Waals surface area contributed by atoms with E-state index in [4.69, 9.17) is 4.74 Å². The van der Waals surface area contributed by atoms with Gasteiger partial charge in [0.05, 0.1) is 12.2 Å². The zero-order valence-corrected chi connectivity index (χ0v) is 17.4. The minimum Gasteiger partial charge on any atom is -0.494 e. The quantitative estimate of drug-likeness (QED) is 0.636. The number of aliphatic hydroxyl groups is 1. The van der Waals surface area contributed by atoms with Crippen LogP contribution < -0.4 is 4.74 Å². The molecule has 1 aliphatic heterocycles. The van der Waals surface area contributed by atoms with E-state index in [-0.39, 0.29) is 5.92 Å². The molecule has 2 atom stereocenters. The fourth-order valence-corrected chi connectivity index (χ4v) is 4.53. The molecule has 2 aromatic carbocycles. The van der Waals surface area contributed by atoms with Crippen molar-refractivity contribution in [2.45, 2.75) is 57.5 Å². The largest absolute Gasteiger partial charge is 0.494 e. The summed E-state index contributed by atoms with van der Waals surface area (Å²) >= 11 is 0. The molecule has 0 spiro atoms. The monoisotopic (exact) mass is 381 g/mol. The van der Waals surface area contributed by atoms with Crippen LogP contribution in [0.1, 0.15) is 63.0 Å². The van der Waals surface area contributed by atoms with Gasteiger partial charge >= 0.3 is 0 Å². The molecule has 0 unspecified atom stereocenters. The molecule has 1 N–H and O–H groups in total. The Morgan fingerprint density at radius 2 is 1.64 bits per heavy atom. The van der Waals surface area contributed by atoms with Crippen molar-refractivity contribution in [3.8, 4) is 5.75 Å². The number of hydrogen-bond acceptors (Lipinski definition) is 3. The topological polar surface area (TPSA) is 32.7 Å². The first kappa shape index (κ1) is 20.9. The van der Waals surface area contributed by atoms with Gasteiger partial charge in [-0.15, -0.1) is 0 Å². The average molecular weight is 382 g/mol. The molecule has 0 radical (unpaired) electrons. The second-order valence-corrected chi connectivity index (χ2v) is 7.96. The van der Waals surface area contributed by atoms with Crippen LogP contribution >= 0.6 is 0 Å². The lowest BCUT2D eigenvalue weighted by Gasteiger charge is -2.41. The van der Waals surface area contributed by atoms with E-state index in [9.17, 15) is 5.11 Å². The van der Waals surface area contributed by atoms with Gasteiger partial charge in [-0.2, -0.15) is 0 Å².